The molecule has 1 aromatic carbocycles. The zero-order valence-corrected chi connectivity index (χ0v) is 15.1. The first-order chi connectivity index (χ1) is 12.8. The quantitative estimate of drug-likeness (QED) is 0.726. The van der Waals surface area contributed by atoms with E-state index in [4.69, 9.17) is 4.74 Å². The van der Waals surface area contributed by atoms with E-state index in [0.717, 1.165) is 12.0 Å². The standard InChI is InChI=1S/C19H20N4O2S/c24-18(10-17-19-15(6-8-25-17)7-9-26-19)22-16(11-23-13-20-12-21-23)14-4-2-1-3-5-14/h1-5,7,9,12-13,16-17H,6,8,10-11H2,(H,22,24)/t16-,17-/m1/s1. The maximum atomic E-state index is 12.7. The molecule has 1 amide bonds. The molecule has 7 heteroatoms. The average Bonchev–Trinajstić information content (AvgIpc) is 3.34. The smallest absolute Gasteiger partial charge is 0.223 e. The summed E-state index contributed by atoms with van der Waals surface area (Å²) < 4.78 is 7.58. The Hall–Kier alpha value is -2.51. The molecule has 0 unspecified atom stereocenters. The van der Waals surface area contributed by atoms with Gasteiger partial charge in [0.25, 0.3) is 0 Å². The van der Waals surface area contributed by atoms with Crippen LogP contribution in [0.5, 0.6) is 0 Å². The molecule has 0 fully saturated rings. The van der Waals surface area contributed by atoms with Crippen molar-refractivity contribution in [2.45, 2.75) is 31.5 Å². The molecule has 0 bridgehead atoms. The van der Waals surface area contributed by atoms with Crippen molar-refractivity contribution in [1.82, 2.24) is 20.1 Å². The van der Waals surface area contributed by atoms with Crippen LogP contribution in [-0.4, -0.2) is 27.3 Å². The lowest BCUT2D eigenvalue weighted by atomic mass is 10.0. The fraction of sp³-hybridized carbons (Fsp3) is 0.316. The van der Waals surface area contributed by atoms with Gasteiger partial charge in [0.15, 0.2) is 0 Å². The number of carbonyl (C=O) groups excluding carboxylic acids is 1. The summed E-state index contributed by atoms with van der Waals surface area (Å²) in [6.07, 6.45) is 4.26. The van der Waals surface area contributed by atoms with E-state index in [0.29, 0.717) is 19.6 Å². The van der Waals surface area contributed by atoms with Crippen LogP contribution in [0.1, 0.15) is 34.6 Å². The van der Waals surface area contributed by atoms with Crippen molar-refractivity contribution in [2.75, 3.05) is 6.61 Å². The number of fused-ring (bicyclic) bond motifs is 1. The molecule has 1 aliphatic rings. The lowest BCUT2D eigenvalue weighted by Gasteiger charge is -2.24. The normalized spacial score (nSPS) is 17.5. The maximum Gasteiger partial charge on any atom is 0.223 e. The Morgan fingerprint density at radius 2 is 2.23 bits per heavy atom. The van der Waals surface area contributed by atoms with Gasteiger partial charge in [-0.3, -0.25) is 9.48 Å². The Morgan fingerprint density at radius 3 is 3.04 bits per heavy atom. The van der Waals surface area contributed by atoms with Gasteiger partial charge in [0.2, 0.25) is 5.91 Å². The fourth-order valence-electron chi connectivity index (χ4n) is 3.23. The van der Waals surface area contributed by atoms with Crippen LogP contribution < -0.4 is 5.32 Å². The summed E-state index contributed by atoms with van der Waals surface area (Å²) in [7, 11) is 0. The van der Waals surface area contributed by atoms with Gasteiger partial charge < -0.3 is 10.1 Å². The Morgan fingerprint density at radius 1 is 1.35 bits per heavy atom. The van der Waals surface area contributed by atoms with Crippen molar-refractivity contribution in [1.29, 1.82) is 0 Å². The van der Waals surface area contributed by atoms with Gasteiger partial charge in [-0.25, -0.2) is 4.98 Å². The zero-order chi connectivity index (χ0) is 17.8. The molecule has 1 N–H and O–H groups in total. The minimum atomic E-state index is -0.170. The van der Waals surface area contributed by atoms with Crippen LogP contribution in [0.15, 0.2) is 54.4 Å². The van der Waals surface area contributed by atoms with Crippen molar-refractivity contribution in [2.24, 2.45) is 0 Å². The van der Waals surface area contributed by atoms with Crippen LogP contribution >= 0.6 is 11.3 Å². The first-order valence-corrected chi connectivity index (χ1v) is 9.52. The van der Waals surface area contributed by atoms with E-state index < -0.39 is 0 Å². The molecule has 0 saturated heterocycles. The Balaban J connectivity index is 1.46. The average molecular weight is 368 g/mol. The molecule has 3 aromatic rings. The lowest BCUT2D eigenvalue weighted by molar-refractivity contribution is -0.125. The highest BCUT2D eigenvalue weighted by Gasteiger charge is 2.26. The van der Waals surface area contributed by atoms with Crippen molar-refractivity contribution in [3.05, 3.63) is 70.4 Å². The molecule has 0 saturated carbocycles. The van der Waals surface area contributed by atoms with E-state index in [2.05, 4.69) is 26.8 Å². The third kappa shape index (κ3) is 3.84. The first-order valence-electron chi connectivity index (χ1n) is 8.64. The molecule has 4 rings (SSSR count). The van der Waals surface area contributed by atoms with Gasteiger partial charge in [-0.15, -0.1) is 11.3 Å². The van der Waals surface area contributed by atoms with Crippen LogP contribution in [0.25, 0.3) is 0 Å². The SMILES string of the molecule is O=C(C[C@H]1OCCc2ccsc21)N[C@H](Cn1cncn1)c1ccccc1. The Bertz CT molecular complexity index is 848. The monoisotopic (exact) mass is 368 g/mol. The zero-order valence-electron chi connectivity index (χ0n) is 14.2. The summed E-state index contributed by atoms with van der Waals surface area (Å²) in [5, 5.41) is 9.37. The number of nitrogens with zero attached hydrogens (tertiary/aromatic N) is 3. The van der Waals surface area contributed by atoms with E-state index >= 15 is 0 Å². The lowest BCUT2D eigenvalue weighted by Crippen LogP contribution is -2.33. The first kappa shape index (κ1) is 16.9. The Labute approximate surface area is 155 Å². The van der Waals surface area contributed by atoms with Crippen LogP contribution in [0.2, 0.25) is 0 Å². The summed E-state index contributed by atoms with van der Waals surface area (Å²) >= 11 is 1.67. The van der Waals surface area contributed by atoms with E-state index in [1.54, 1.807) is 22.3 Å². The van der Waals surface area contributed by atoms with Crippen LogP contribution in [0, 0.1) is 0 Å². The molecular formula is C19H20N4O2S. The van der Waals surface area contributed by atoms with Gasteiger partial charge in [0.1, 0.15) is 18.8 Å². The predicted molar refractivity (Wildman–Crippen MR) is 98.7 cm³/mol. The molecule has 2 aromatic heterocycles. The van der Waals surface area contributed by atoms with E-state index in [-0.39, 0.29) is 18.1 Å². The molecule has 0 radical (unpaired) electrons. The molecule has 6 nitrogen and oxygen atoms in total. The Kier molecular flexibility index (Phi) is 5.08. The molecule has 1 aliphatic heterocycles. The number of carbonyl (C=O) groups is 1. The third-order valence-electron chi connectivity index (χ3n) is 4.51. The van der Waals surface area contributed by atoms with Crippen molar-refractivity contribution < 1.29 is 9.53 Å². The number of hydrogen-bond donors (Lipinski definition) is 1. The van der Waals surface area contributed by atoms with E-state index in [9.17, 15) is 4.79 Å². The topological polar surface area (TPSA) is 69.0 Å². The second-order valence-electron chi connectivity index (χ2n) is 6.27. The number of benzene rings is 1. The summed E-state index contributed by atoms with van der Waals surface area (Å²) in [5.74, 6) is -0.0229. The largest absolute Gasteiger partial charge is 0.372 e. The molecule has 134 valence electrons. The van der Waals surface area contributed by atoms with Crippen LogP contribution in [0.3, 0.4) is 0 Å². The van der Waals surface area contributed by atoms with E-state index in [1.165, 1.54) is 16.8 Å². The summed E-state index contributed by atoms with van der Waals surface area (Å²) in [5.41, 5.74) is 2.35. The van der Waals surface area contributed by atoms with Crippen molar-refractivity contribution in [3.63, 3.8) is 0 Å². The number of ether oxygens (including phenoxy) is 1. The van der Waals surface area contributed by atoms with Crippen LogP contribution in [-0.2, 0) is 22.5 Å². The fourth-order valence-corrected chi connectivity index (χ4v) is 4.23. The number of rotatable bonds is 6. The molecule has 0 spiro atoms. The number of hydrogen-bond acceptors (Lipinski definition) is 5. The van der Waals surface area contributed by atoms with Gasteiger partial charge in [-0.05, 0) is 29.0 Å². The second-order valence-corrected chi connectivity index (χ2v) is 7.22. The summed E-state index contributed by atoms with van der Waals surface area (Å²) in [6.45, 7) is 1.20. The van der Waals surface area contributed by atoms with Gasteiger partial charge >= 0.3 is 0 Å². The summed E-state index contributed by atoms with van der Waals surface area (Å²) in [6, 6.07) is 11.9. The third-order valence-corrected chi connectivity index (χ3v) is 5.56. The highest BCUT2D eigenvalue weighted by atomic mass is 32.1. The maximum absolute atomic E-state index is 12.7. The molecule has 0 aliphatic carbocycles. The predicted octanol–water partition coefficient (Wildman–Crippen LogP) is 2.90. The van der Waals surface area contributed by atoms with Crippen molar-refractivity contribution in [3.8, 4) is 0 Å². The van der Waals surface area contributed by atoms with Crippen molar-refractivity contribution >= 4 is 17.2 Å². The molecule has 26 heavy (non-hydrogen) atoms. The molecule has 3 heterocycles. The van der Waals surface area contributed by atoms with Gasteiger partial charge in [-0.2, -0.15) is 5.10 Å². The van der Waals surface area contributed by atoms with Gasteiger partial charge in [0.05, 0.1) is 25.6 Å². The minimum Gasteiger partial charge on any atom is -0.372 e. The molecule has 2 atom stereocenters. The number of aromatic nitrogens is 3. The minimum absolute atomic E-state index is 0.0229. The highest BCUT2D eigenvalue weighted by molar-refractivity contribution is 7.10. The number of thiophene rings is 1. The second kappa shape index (κ2) is 7.80. The number of amides is 1. The van der Waals surface area contributed by atoms with Gasteiger partial charge in [-0.1, -0.05) is 30.3 Å². The summed E-state index contributed by atoms with van der Waals surface area (Å²) in [4.78, 5) is 17.9. The van der Waals surface area contributed by atoms with Crippen LogP contribution in [0.4, 0.5) is 0 Å². The van der Waals surface area contributed by atoms with E-state index in [1.807, 2.05) is 30.3 Å². The van der Waals surface area contributed by atoms with Gasteiger partial charge in [0, 0.05) is 4.88 Å². The number of nitrogens with one attached hydrogen (secondary N) is 1. The highest BCUT2D eigenvalue weighted by Crippen LogP contribution is 2.34. The molecular weight excluding hydrogens is 348 g/mol.